The van der Waals surface area contributed by atoms with Crippen molar-refractivity contribution in [2.24, 2.45) is 0 Å². The van der Waals surface area contributed by atoms with Gasteiger partial charge in [-0.3, -0.25) is 0 Å². The normalized spacial score (nSPS) is 17.2. The van der Waals surface area contributed by atoms with E-state index < -0.39 is 5.03 Å². The average Bonchev–Trinajstić information content (AvgIpc) is 2.12. The molecule has 0 aromatic carbocycles. The summed E-state index contributed by atoms with van der Waals surface area (Å²) in [5.41, 5.74) is 0. The van der Waals surface area contributed by atoms with E-state index >= 15 is 0 Å². The topological polar surface area (TPSA) is 55.6 Å². The van der Waals surface area contributed by atoms with Crippen molar-refractivity contribution in [1.82, 2.24) is 5.17 Å². The molecule has 0 N–H and O–H groups in total. The number of hydroxylamine groups is 1. The minimum atomic E-state index is -0.635. The summed E-state index contributed by atoms with van der Waals surface area (Å²) in [5.74, 6) is 0. The maximum atomic E-state index is 9.76. The zero-order valence-corrected chi connectivity index (χ0v) is 3.98. The minimum absolute atomic E-state index is 0.293. The van der Waals surface area contributed by atoms with Crippen LogP contribution in [0.15, 0.2) is 12.3 Å². The lowest BCUT2D eigenvalue weighted by molar-refractivity contribution is -0.712. The van der Waals surface area contributed by atoms with Crippen molar-refractivity contribution in [3.05, 3.63) is 22.4 Å². The van der Waals surface area contributed by atoms with E-state index in [4.69, 9.17) is 0 Å². The molecule has 5 nitrogen and oxygen atoms in total. The third-order valence-electron chi connectivity index (χ3n) is 0.697. The summed E-state index contributed by atoms with van der Waals surface area (Å²) in [6.45, 7) is 0.293. The third-order valence-corrected chi connectivity index (χ3v) is 0.697. The van der Waals surface area contributed by atoms with Gasteiger partial charge < -0.3 is 0 Å². The van der Waals surface area contributed by atoms with Gasteiger partial charge in [0.15, 0.2) is 5.03 Å². The van der Waals surface area contributed by atoms with Crippen molar-refractivity contribution in [3.8, 4) is 0 Å². The lowest BCUT2D eigenvalue weighted by Crippen LogP contribution is -2.20. The van der Waals surface area contributed by atoms with Gasteiger partial charge in [-0.1, -0.05) is 0 Å². The quantitative estimate of drug-likeness (QED) is 0.355. The molecule has 8 heavy (non-hydrogen) atoms. The maximum absolute atomic E-state index is 9.76. The molecule has 1 rings (SSSR count). The van der Waals surface area contributed by atoms with E-state index in [9.17, 15) is 10.1 Å². The van der Waals surface area contributed by atoms with Crippen LogP contribution in [0.3, 0.4) is 0 Å². The van der Waals surface area contributed by atoms with Gasteiger partial charge in [-0.05, 0) is 6.08 Å². The Hall–Kier alpha value is -1.10. The molecule has 0 saturated heterocycles. The van der Waals surface area contributed by atoms with Crippen LogP contribution in [0.5, 0.6) is 0 Å². The molecule has 0 unspecified atom stereocenters. The standard InChI is InChI=1S/C3H4N2O3/c6-5(7)4-2-1-3-8-4/h1-2H,3H2. The van der Waals surface area contributed by atoms with E-state index in [1.807, 2.05) is 0 Å². The highest BCUT2D eigenvalue weighted by Crippen LogP contribution is 1.98. The SMILES string of the molecule is O=[N+]([O-])N1C=CCO1. The third kappa shape index (κ3) is 0.760. The number of rotatable bonds is 1. The van der Waals surface area contributed by atoms with Gasteiger partial charge in [0.25, 0.3) is 0 Å². The van der Waals surface area contributed by atoms with E-state index in [2.05, 4.69) is 4.84 Å². The van der Waals surface area contributed by atoms with Crippen LogP contribution in [-0.4, -0.2) is 16.8 Å². The van der Waals surface area contributed by atoms with Crippen LogP contribution in [0.1, 0.15) is 0 Å². The summed E-state index contributed by atoms with van der Waals surface area (Å²) >= 11 is 0. The number of hydrogen-bond acceptors (Lipinski definition) is 3. The van der Waals surface area contributed by atoms with E-state index in [0.717, 1.165) is 0 Å². The zero-order chi connectivity index (χ0) is 5.98. The summed E-state index contributed by atoms with van der Waals surface area (Å²) in [5, 5.41) is 9.69. The Balaban J connectivity index is 2.48. The average molecular weight is 116 g/mol. The first kappa shape index (κ1) is 5.04. The number of hydrogen-bond donors (Lipinski definition) is 0. The van der Waals surface area contributed by atoms with Crippen molar-refractivity contribution in [3.63, 3.8) is 0 Å². The molecule has 1 aliphatic rings. The van der Waals surface area contributed by atoms with Gasteiger partial charge in [-0.2, -0.15) is 0 Å². The van der Waals surface area contributed by atoms with Gasteiger partial charge in [0, 0.05) is 5.17 Å². The highest BCUT2D eigenvalue weighted by Gasteiger charge is 2.13. The molecular weight excluding hydrogens is 112 g/mol. The van der Waals surface area contributed by atoms with Gasteiger partial charge in [-0.15, -0.1) is 0 Å². The van der Waals surface area contributed by atoms with Crippen LogP contribution in [-0.2, 0) is 4.84 Å². The van der Waals surface area contributed by atoms with E-state index in [-0.39, 0.29) is 0 Å². The smallest absolute Gasteiger partial charge is 0.191 e. The first-order valence-corrected chi connectivity index (χ1v) is 2.04. The number of hydrazine groups is 1. The summed E-state index contributed by atoms with van der Waals surface area (Å²) in [7, 11) is 0. The van der Waals surface area contributed by atoms with Crippen molar-refractivity contribution < 1.29 is 9.87 Å². The molecule has 1 aliphatic heterocycles. The second-order valence-corrected chi connectivity index (χ2v) is 1.22. The van der Waals surface area contributed by atoms with Crippen LogP contribution in [0, 0.1) is 10.1 Å². The molecule has 0 atom stereocenters. The van der Waals surface area contributed by atoms with Crippen molar-refractivity contribution >= 4 is 0 Å². The molecule has 0 fully saturated rings. The molecule has 44 valence electrons. The highest BCUT2D eigenvalue weighted by atomic mass is 16.8. The van der Waals surface area contributed by atoms with Gasteiger partial charge in [0.05, 0.1) is 0 Å². The molecule has 0 spiro atoms. The zero-order valence-electron chi connectivity index (χ0n) is 3.98. The number of nitro groups is 1. The van der Waals surface area contributed by atoms with E-state index in [0.29, 0.717) is 11.8 Å². The molecule has 0 aliphatic carbocycles. The predicted octanol–water partition coefficient (Wildman–Crippen LogP) is -0.0610. The summed E-state index contributed by atoms with van der Waals surface area (Å²) in [4.78, 5) is 14.2. The molecule has 0 amide bonds. The summed E-state index contributed by atoms with van der Waals surface area (Å²) in [6.07, 6.45) is 2.82. The molecule has 0 aromatic heterocycles. The Bertz CT molecular complexity index is 132. The van der Waals surface area contributed by atoms with Crippen LogP contribution in [0.25, 0.3) is 0 Å². The van der Waals surface area contributed by atoms with Crippen molar-refractivity contribution in [1.29, 1.82) is 0 Å². The minimum Gasteiger partial charge on any atom is -0.232 e. The molecule has 0 bridgehead atoms. The Kier molecular flexibility index (Phi) is 1.13. The van der Waals surface area contributed by atoms with Gasteiger partial charge >= 0.3 is 0 Å². The fourth-order valence-corrected chi connectivity index (χ4v) is 0.397. The fraction of sp³-hybridized carbons (Fsp3) is 0.333. The fourth-order valence-electron chi connectivity index (χ4n) is 0.397. The maximum Gasteiger partial charge on any atom is 0.191 e. The van der Waals surface area contributed by atoms with Crippen molar-refractivity contribution in [2.75, 3.05) is 6.61 Å². The van der Waals surface area contributed by atoms with E-state index in [1.165, 1.54) is 6.20 Å². The highest BCUT2D eigenvalue weighted by molar-refractivity contribution is 4.79. The van der Waals surface area contributed by atoms with Gasteiger partial charge in [0.1, 0.15) is 12.8 Å². The first-order chi connectivity index (χ1) is 3.80. The first-order valence-electron chi connectivity index (χ1n) is 2.04. The Morgan fingerprint density at radius 2 is 2.62 bits per heavy atom. The van der Waals surface area contributed by atoms with Crippen LogP contribution < -0.4 is 0 Å². The summed E-state index contributed by atoms with van der Waals surface area (Å²) in [6, 6.07) is 0. The molecular formula is C3H4N2O3. The Morgan fingerprint density at radius 3 is 2.88 bits per heavy atom. The lowest BCUT2D eigenvalue weighted by Gasteiger charge is -1.98. The molecule has 0 aromatic rings. The molecule has 5 heteroatoms. The second-order valence-electron chi connectivity index (χ2n) is 1.22. The molecule has 0 saturated carbocycles. The Labute approximate surface area is 45.2 Å². The lowest BCUT2D eigenvalue weighted by atomic mass is 10.7. The molecule has 0 radical (unpaired) electrons. The monoisotopic (exact) mass is 116 g/mol. The Morgan fingerprint density at radius 1 is 1.88 bits per heavy atom. The predicted molar refractivity (Wildman–Crippen MR) is 23.9 cm³/mol. The van der Waals surface area contributed by atoms with Crippen LogP contribution >= 0.6 is 0 Å². The second kappa shape index (κ2) is 1.79. The van der Waals surface area contributed by atoms with Gasteiger partial charge in [0.2, 0.25) is 0 Å². The van der Waals surface area contributed by atoms with Crippen molar-refractivity contribution in [2.45, 2.75) is 0 Å². The summed E-state index contributed by atoms with van der Waals surface area (Å²) < 4.78 is 0. The molecule has 1 heterocycles. The largest absolute Gasteiger partial charge is 0.232 e. The van der Waals surface area contributed by atoms with E-state index in [1.54, 1.807) is 6.08 Å². The van der Waals surface area contributed by atoms with Gasteiger partial charge in [-0.25, -0.2) is 15.0 Å². The number of nitrogens with zero attached hydrogens (tertiary/aromatic N) is 2. The van der Waals surface area contributed by atoms with Crippen LogP contribution in [0.2, 0.25) is 0 Å². The van der Waals surface area contributed by atoms with Crippen LogP contribution in [0.4, 0.5) is 0 Å².